The van der Waals surface area contributed by atoms with E-state index in [0.717, 1.165) is 11.8 Å². The van der Waals surface area contributed by atoms with Crippen LogP contribution in [0.4, 0.5) is 0 Å². The second-order valence-electron chi connectivity index (χ2n) is 7.07. The van der Waals surface area contributed by atoms with Crippen LogP contribution in [0, 0.1) is 11.8 Å². The molecule has 114 valence electrons. The van der Waals surface area contributed by atoms with E-state index in [1.165, 1.54) is 64.5 Å². The predicted molar refractivity (Wildman–Crippen MR) is 85.6 cm³/mol. The molecule has 0 aromatic rings. The fourth-order valence-corrected chi connectivity index (χ4v) is 3.50. The van der Waals surface area contributed by atoms with Gasteiger partial charge in [-0.15, -0.1) is 0 Å². The molecule has 0 aliphatic heterocycles. The fraction of sp³-hybridized carbons (Fsp3) is 1.00. The van der Waals surface area contributed by atoms with Crippen molar-refractivity contribution in [1.82, 2.24) is 10.6 Å². The van der Waals surface area contributed by atoms with Gasteiger partial charge in [0.15, 0.2) is 0 Å². The summed E-state index contributed by atoms with van der Waals surface area (Å²) >= 11 is 0. The highest BCUT2D eigenvalue weighted by atomic mass is 14.9. The zero-order chi connectivity index (χ0) is 14.1. The minimum absolute atomic E-state index is 0.323. The van der Waals surface area contributed by atoms with E-state index < -0.39 is 0 Å². The van der Waals surface area contributed by atoms with E-state index in [-0.39, 0.29) is 0 Å². The zero-order valence-corrected chi connectivity index (χ0v) is 13.7. The molecule has 19 heavy (non-hydrogen) atoms. The third-order valence-corrected chi connectivity index (χ3v) is 4.81. The van der Waals surface area contributed by atoms with Gasteiger partial charge in [0.1, 0.15) is 0 Å². The molecule has 1 aliphatic carbocycles. The van der Waals surface area contributed by atoms with E-state index >= 15 is 0 Å². The topological polar surface area (TPSA) is 24.1 Å². The molecule has 0 saturated heterocycles. The Morgan fingerprint density at radius 3 is 2.42 bits per heavy atom. The number of hydrogen-bond acceptors (Lipinski definition) is 2. The van der Waals surface area contributed by atoms with Gasteiger partial charge in [-0.25, -0.2) is 0 Å². The maximum atomic E-state index is 3.78. The van der Waals surface area contributed by atoms with Crippen molar-refractivity contribution < 1.29 is 0 Å². The largest absolute Gasteiger partial charge is 0.319 e. The molecular formula is C17H36N2. The highest BCUT2D eigenvalue weighted by Gasteiger charge is 2.25. The van der Waals surface area contributed by atoms with Crippen LogP contribution in [0.5, 0.6) is 0 Å². The van der Waals surface area contributed by atoms with Crippen LogP contribution >= 0.6 is 0 Å². The maximum absolute atomic E-state index is 3.78. The summed E-state index contributed by atoms with van der Waals surface area (Å²) in [6, 6.07) is 0. The van der Waals surface area contributed by atoms with Crippen LogP contribution in [-0.2, 0) is 0 Å². The van der Waals surface area contributed by atoms with Crippen molar-refractivity contribution in [1.29, 1.82) is 0 Å². The first kappa shape index (κ1) is 17.0. The SMILES string of the molecule is CCCCC(C)(C)NCCC1CCCCC1CNC. The van der Waals surface area contributed by atoms with Gasteiger partial charge in [0.05, 0.1) is 0 Å². The van der Waals surface area contributed by atoms with Crippen molar-refractivity contribution >= 4 is 0 Å². The van der Waals surface area contributed by atoms with E-state index in [2.05, 4.69) is 38.5 Å². The molecule has 2 N–H and O–H groups in total. The molecule has 0 radical (unpaired) electrons. The quantitative estimate of drug-likeness (QED) is 0.661. The molecule has 2 heteroatoms. The van der Waals surface area contributed by atoms with Crippen LogP contribution in [0.15, 0.2) is 0 Å². The summed E-state index contributed by atoms with van der Waals surface area (Å²) < 4.78 is 0. The summed E-state index contributed by atoms with van der Waals surface area (Å²) in [5, 5.41) is 7.16. The van der Waals surface area contributed by atoms with Gasteiger partial charge in [-0.2, -0.15) is 0 Å². The van der Waals surface area contributed by atoms with Crippen molar-refractivity contribution in [2.45, 2.75) is 77.7 Å². The molecule has 0 bridgehead atoms. The van der Waals surface area contributed by atoms with Crippen LogP contribution in [0.25, 0.3) is 0 Å². The van der Waals surface area contributed by atoms with Crippen molar-refractivity contribution in [3.8, 4) is 0 Å². The van der Waals surface area contributed by atoms with Crippen LogP contribution in [-0.4, -0.2) is 25.7 Å². The van der Waals surface area contributed by atoms with Crippen molar-refractivity contribution in [3.05, 3.63) is 0 Å². The van der Waals surface area contributed by atoms with Gasteiger partial charge >= 0.3 is 0 Å². The molecule has 1 fully saturated rings. The molecule has 1 saturated carbocycles. The molecule has 0 amide bonds. The lowest BCUT2D eigenvalue weighted by Gasteiger charge is -2.33. The van der Waals surface area contributed by atoms with Crippen molar-refractivity contribution in [3.63, 3.8) is 0 Å². The average Bonchev–Trinajstić information content (AvgIpc) is 2.39. The number of nitrogens with one attached hydrogen (secondary N) is 2. The molecule has 1 aliphatic rings. The molecule has 0 aromatic carbocycles. The van der Waals surface area contributed by atoms with E-state index in [4.69, 9.17) is 0 Å². The van der Waals surface area contributed by atoms with Gasteiger partial charge in [-0.3, -0.25) is 0 Å². The second-order valence-corrected chi connectivity index (χ2v) is 7.07. The summed E-state index contributed by atoms with van der Waals surface area (Å²) in [5.41, 5.74) is 0.323. The molecule has 0 spiro atoms. The Bertz CT molecular complexity index is 223. The Balaban J connectivity index is 2.26. The van der Waals surface area contributed by atoms with Gasteiger partial charge in [0.25, 0.3) is 0 Å². The molecule has 2 nitrogen and oxygen atoms in total. The van der Waals surface area contributed by atoms with Crippen LogP contribution in [0.2, 0.25) is 0 Å². The van der Waals surface area contributed by atoms with E-state index in [9.17, 15) is 0 Å². The summed E-state index contributed by atoms with van der Waals surface area (Å²) in [6.45, 7) is 9.40. The first-order valence-corrected chi connectivity index (χ1v) is 8.48. The van der Waals surface area contributed by atoms with Gasteiger partial charge in [-0.05, 0) is 65.1 Å². The summed E-state index contributed by atoms with van der Waals surface area (Å²) in [7, 11) is 2.10. The van der Waals surface area contributed by atoms with Crippen molar-refractivity contribution in [2.24, 2.45) is 11.8 Å². The molecule has 2 unspecified atom stereocenters. The molecule has 0 aromatic heterocycles. The van der Waals surface area contributed by atoms with Gasteiger partial charge < -0.3 is 10.6 Å². The fourth-order valence-electron chi connectivity index (χ4n) is 3.50. The molecule has 2 atom stereocenters. The first-order valence-electron chi connectivity index (χ1n) is 8.48. The van der Waals surface area contributed by atoms with Crippen LogP contribution < -0.4 is 10.6 Å². The van der Waals surface area contributed by atoms with Crippen LogP contribution in [0.3, 0.4) is 0 Å². The average molecular weight is 268 g/mol. The Labute approximate surface area is 121 Å². The minimum atomic E-state index is 0.323. The van der Waals surface area contributed by atoms with Crippen LogP contribution in [0.1, 0.15) is 72.1 Å². The Hall–Kier alpha value is -0.0800. The number of unbranched alkanes of at least 4 members (excludes halogenated alkanes) is 1. The zero-order valence-electron chi connectivity index (χ0n) is 13.7. The normalized spacial score (nSPS) is 24.6. The smallest absolute Gasteiger partial charge is 0.0125 e. The standard InChI is InChI=1S/C17H36N2/c1-5-6-12-17(2,3)19-13-11-15-9-7-8-10-16(15)14-18-4/h15-16,18-19H,5-14H2,1-4H3. The summed E-state index contributed by atoms with van der Waals surface area (Å²) in [4.78, 5) is 0. The highest BCUT2D eigenvalue weighted by Crippen LogP contribution is 2.31. The van der Waals surface area contributed by atoms with Gasteiger partial charge in [0, 0.05) is 5.54 Å². The lowest BCUT2D eigenvalue weighted by Crippen LogP contribution is -2.41. The monoisotopic (exact) mass is 268 g/mol. The molecule has 0 heterocycles. The first-order chi connectivity index (χ1) is 9.09. The highest BCUT2D eigenvalue weighted by molar-refractivity contribution is 4.81. The minimum Gasteiger partial charge on any atom is -0.319 e. The Kier molecular flexibility index (Phi) is 8.01. The predicted octanol–water partition coefficient (Wildman–Crippen LogP) is 3.96. The van der Waals surface area contributed by atoms with Gasteiger partial charge in [0.2, 0.25) is 0 Å². The van der Waals surface area contributed by atoms with E-state index in [1.54, 1.807) is 0 Å². The van der Waals surface area contributed by atoms with E-state index in [1.807, 2.05) is 0 Å². The van der Waals surface area contributed by atoms with E-state index in [0.29, 0.717) is 5.54 Å². The molecular weight excluding hydrogens is 232 g/mol. The number of rotatable bonds is 9. The van der Waals surface area contributed by atoms with Gasteiger partial charge in [-0.1, -0.05) is 39.0 Å². The number of hydrogen-bond donors (Lipinski definition) is 2. The lowest BCUT2D eigenvalue weighted by atomic mass is 9.77. The van der Waals surface area contributed by atoms with Crippen molar-refractivity contribution in [2.75, 3.05) is 20.1 Å². The lowest BCUT2D eigenvalue weighted by molar-refractivity contribution is 0.211. The third-order valence-electron chi connectivity index (χ3n) is 4.81. The Morgan fingerprint density at radius 1 is 1.11 bits per heavy atom. The second kappa shape index (κ2) is 8.97. The summed E-state index contributed by atoms with van der Waals surface area (Å²) in [6.07, 6.45) is 11.1. The summed E-state index contributed by atoms with van der Waals surface area (Å²) in [5.74, 6) is 1.86. The third kappa shape index (κ3) is 6.76. The maximum Gasteiger partial charge on any atom is 0.0125 e. The molecule has 1 rings (SSSR count). The Morgan fingerprint density at radius 2 is 1.79 bits per heavy atom.